The first-order valence-electron chi connectivity index (χ1n) is 3.97. The number of halogens is 1. The van der Waals surface area contributed by atoms with E-state index in [1.165, 1.54) is 0 Å². The first kappa shape index (κ1) is 7.74. The smallest absolute Gasteiger partial charge is 0.121 e. The third-order valence-corrected chi connectivity index (χ3v) is 2.13. The second-order valence-corrected chi connectivity index (χ2v) is 3.41. The minimum atomic E-state index is 0.407. The average Bonchev–Trinajstić information content (AvgIpc) is 2.81. The second-order valence-electron chi connectivity index (χ2n) is 3.00. The predicted molar refractivity (Wildman–Crippen MR) is 49.5 cm³/mol. The standard InChI is InChI=1S/C9H10ClNO/c10-8-5-7(3-4-9(8)11)12-6-1-2-6/h3-6H,1-2,11H2. The third kappa shape index (κ3) is 1.64. The normalized spacial score (nSPS) is 16.1. The molecule has 0 radical (unpaired) electrons. The van der Waals surface area contributed by atoms with Crippen LogP contribution in [0.5, 0.6) is 5.75 Å². The van der Waals surface area contributed by atoms with Crippen molar-refractivity contribution in [3.05, 3.63) is 23.2 Å². The number of anilines is 1. The molecule has 2 rings (SSSR count). The van der Waals surface area contributed by atoms with Crippen LogP contribution in [0.15, 0.2) is 18.2 Å². The summed E-state index contributed by atoms with van der Waals surface area (Å²) < 4.78 is 5.52. The Labute approximate surface area is 76.3 Å². The van der Waals surface area contributed by atoms with Crippen LogP contribution in [0.1, 0.15) is 12.8 Å². The Bertz CT molecular complexity index is 297. The maximum Gasteiger partial charge on any atom is 0.121 e. The minimum absolute atomic E-state index is 0.407. The van der Waals surface area contributed by atoms with Gasteiger partial charge in [0.25, 0.3) is 0 Å². The fourth-order valence-corrected chi connectivity index (χ4v) is 1.13. The quantitative estimate of drug-likeness (QED) is 0.715. The van der Waals surface area contributed by atoms with Gasteiger partial charge in [-0.3, -0.25) is 0 Å². The number of hydrogen-bond acceptors (Lipinski definition) is 2. The molecule has 2 N–H and O–H groups in total. The summed E-state index contributed by atoms with van der Waals surface area (Å²) in [6, 6.07) is 5.37. The lowest BCUT2D eigenvalue weighted by atomic mass is 10.3. The highest BCUT2D eigenvalue weighted by molar-refractivity contribution is 6.33. The molecule has 3 heteroatoms. The van der Waals surface area contributed by atoms with Gasteiger partial charge in [0.2, 0.25) is 0 Å². The van der Waals surface area contributed by atoms with E-state index in [-0.39, 0.29) is 0 Å². The van der Waals surface area contributed by atoms with E-state index in [1.807, 2.05) is 6.07 Å². The Morgan fingerprint density at radius 3 is 2.75 bits per heavy atom. The van der Waals surface area contributed by atoms with Crippen LogP contribution in [-0.4, -0.2) is 6.10 Å². The zero-order valence-corrected chi connectivity index (χ0v) is 7.34. The van der Waals surface area contributed by atoms with Crippen LogP contribution in [0.3, 0.4) is 0 Å². The first-order chi connectivity index (χ1) is 5.75. The van der Waals surface area contributed by atoms with Gasteiger partial charge in [-0.05, 0) is 25.0 Å². The lowest BCUT2D eigenvalue weighted by molar-refractivity contribution is 0.303. The first-order valence-corrected chi connectivity index (χ1v) is 4.35. The SMILES string of the molecule is Nc1ccc(OC2CC2)cc1Cl. The number of nitrogen functional groups attached to an aromatic ring is 1. The third-order valence-electron chi connectivity index (χ3n) is 1.80. The molecule has 2 nitrogen and oxygen atoms in total. The Morgan fingerprint density at radius 1 is 1.42 bits per heavy atom. The Kier molecular flexibility index (Phi) is 1.85. The van der Waals surface area contributed by atoms with Crippen LogP contribution < -0.4 is 10.5 Å². The molecule has 1 aliphatic carbocycles. The van der Waals surface area contributed by atoms with E-state index in [2.05, 4.69) is 0 Å². The van der Waals surface area contributed by atoms with Crippen molar-refractivity contribution in [2.45, 2.75) is 18.9 Å². The second kappa shape index (κ2) is 2.87. The van der Waals surface area contributed by atoms with E-state index in [1.54, 1.807) is 12.1 Å². The van der Waals surface area contributed by atoms with Gasteiger partial charge in [0.1, 0.15) is 5.75 Å². The summed E-state index contributed by atoms with van der Waals surface area (Å²) in [6.07, 6.45) is 2.72. The molecule has 64 valence electrons. The van der Waals surface area contributed by atoms with Gasteiger partial charge in [-0.15, -0.1) is 0 Å². The minimum Gasteiger partial charge on any atom is -0.490 e. The van der Waals surface area contributed by atoms with Crippen LogP contribution in [0.25, 0.3) is 0 Å². The summed E-state index contributed by atoms with van der Waals surface area (Å²) in [7, 11) is 0. The molecular weight excluding hydrogens is 174 g/mol. The van der Waals surface area contributed by atoms with Crippen molar-refractivity contribution in [3.8, 4) is 5.75 Å². The van der Waals surface area contributed by atoms with Crippen molar-refractivity contribution in [1.82, 2.24) is 0 Å². The van der Waals surface area contributed by atoms with Gasteiger partial charge in [0.05, 0.1) is 16.8 Å². The topological polar surface area (TPSA) is 35.2 Å². The van der Waals surface area contributed by atoms with Crippen molar-refractivity contribution < 1.29 is 4.74 Å². The summed E-state index contributed by atoms with van der Waals surface area (Å²) in [5.41, 5.74) is 6.14. The number of benzene rings is 1. The van der Waals surface area contributed by atoms with Gasteiger partial charge in [-0.1, -0.05) is 11.6 Å². The number of ether oxygens (including phenoxy) is 1. The number of rotatable bonds is 2. The zero-order valence-electron chi connectivity index (χ0n) is 6.59. The van der Waals surface area contributed by atoms with E-state index in [4.69, 9.17) is 22.1 Å². The van der Waals surface area contributed by atoms with E-state index in [0.717, 1.165) is 18.6 Å². The number of nitrogens with two attached hydrogens (primary N) is 1. The molecule has 1 aromatic rings. The monoisotopic (exact) mass is 183 g/mol. The van der Waals surface area contributed by atoms with Gasteiger partial charge >= 0.3 is 0 Å². The maximum atomic E-state index is 5.81. The predicted octanol–water partition coefficient (Wildman–Crippen LogP) is 2.46. The van der Waals surface area contributed by atoms with E-state index >= 15 is 0 Å². The molecule has 0 bridgehead atoms. The molecule has 1 saturated carbocycles. The van der Waals surface area contributed by atoms with Gasteiger partial charge in [-0.2, -0.15) is 0 Å². The molecule has 1 aliphatic rings. The highest BCUT2D eigenvalue weighted by Gasteiger charge is 2.23. The van der Waals surface area contributed by atoms with Crippen LogP contribution in [0, 0.1) is 0 Å². The molecule has 0 amide bonds. The largest absolute Gasteiger partial charge is 0.490 e. The molecular formula is C9H10ClNO. The molecule has 12 heavy (non-hydrogen) atoms. The maximum absolute atomic E-state index is 5.81. The Morgan fingerprint density at radius 2 is 2.17 bits per heavy atom. The summed E-state index contributed by atoms with van der Waals surface area (Å²) >= 11 is 5.81. The van der Waals surface area contributed by atoms with Crippen molar-refractivity contribution in [2.24, 2.45) is 0 Å². The lowest BCUT2D eigenvalue weighted by Gasteiger charge is -2.05. The van der Waals surface area contributed by atoms with Crippen LogP contribution in [0.2, 0.25) is 5.02 Å². The molecule has 0 aliphatic heterocycles. The van der Waals surface area contributed by atoms with E-state index < -0.39 is 0 Å². The average molecular weight is 184 g/mol. The van der Waals surface area contributed by atoms with E-state index in [0.29, 0.717) is 16.8 Å². The van der Waals surface area contributed by atoms with Crippen LogP contribution in [-0.2, 0) is 0 Å². The van der Waals surface area contributed by atoms with Crippen molar-refractivity contribution in [1.29, 1.82) is 0 Å². The fraction of sp³-hybridized carbons (Fsp3) is 0.333. The molecule has 1 fully saturated rings. The highest BCUT2D eigenvalue weighted by atomic mass is 35.5. The van der Waals surface area contributed by atoms with Crippen LogP contribution >= 0.6 is 11.6 Å². The highest BCUT2D eigenvalue weighted by Crippen LogP contribution is 2.30. The van der Waals surface area contributed by atoms with Crippen LogP contribution in [0.4, 0.5) is 5.69 Å². The van der Waals surface area contributed by atoms with Gasteiger partial charge < -0.3 is 10.5 Å². The summed E-state index contributed by atoms with van der Waals surface area (Å²) in [4.78, 5) is 0. The molecule has 0 spiro atoms. The van der Waals surface area contributed by atoms with Gasteiger partial charge in [0.15, 0.2) is 0 Å². The molecule has 0 unspecified atom stereocenters. The molecule has 1 aromatic carbocycles. The van der Waals surface area contributed by atoms with Crippen molar-refractivity contribution in [2.75, 3.05) is 5.73 Å². The van der Waals surface area contributed by atoms with Gasteiger partial charge in [0, 0.05) is 6.07 Å². The zero-order chi connectivity index (χ0) is 8.55. The van der Waals surface area contributed by atoms with Crippen molar-refractivity contribution >= 4 is 17.3 Å². The van der Waals surface area contributed by atoms with Crippen molar-refractivity contribution in [3.63, 3.8) is 0 Å². The Hall–Kier alpha value is -0.890. The van der Waals surface area contributed by atoms with E-state index in [9.17, 15) is 0 Å². The number of hydrogen-bond donors (Lipinski definition) is 1. The molecule has 0 aromatic heterocycles. The summed E-state index contributed by atoms with van der Waals surface area (Å²) in [5, 5.41) is 0.563. The molecule has 0 saturated heterocycles. The lowest BCUT2D eigenvalue weighted by Crippen LogP contribution is -1.96. The Balaban J connectivity index is 2.15. The summed E-state index contributed by atoms with van der Waals surface area (Å²) in [5.74, 6) is 0.816. The molecule has 0 atom stereocenters. The summed E-state index contributed by atoms with van der Waals surface area (Å²) in [6.45, 7) is 0. The fourth-order valence-electron chi connectivity index (χ4n) is 0.960. The van der Waals surface area contributed by atoms with Gasteiger partial charge in [-0.25, -0.2) is 0 Å². The molecule has 0 heterocycles.